The zero-order valence-corrected chi connectivity index (χ0v) is 16.7. The summed E-state index contributed by atoms with van der Waals surface area (Å²) in [5.74, 6) is -1.13. The van der Waals surface area contributed by atoms with Crippen molar-refractivity contribution in [2.75, 3.05) is 20.2 Å². The van der Waals surface area contributed by atoms with E-state index in [0.29, 0.717) is 11.3 Å². The molecule has 1 aliphatic rings. The summed E-state index contributed by atoms with van der Waals surface area (Å²) in [5, 5.41) is 6.57. The second kappa shape index (κ2) is 9.69. The Morgan fingerprint density at radius 1 is 1.10 bits per heavy atom. The lowest BCUT2D eigenvalue weighted by Gasteiger charge is -2.23. The molecule has 0 spiro atoms. The summed E-state index contributed by atoms with van der Waals surface area (Å²) in [7, 11) is 1.42. The average Bonchev–Trinajstić information content (AvgIpc) is 3.18. The molecule has 30 heavy (non-hydrogen) atoms. The van der Waals surface area contributed by atoms with Gasteiger partial charge in [0.25, 0.3) is 5.91 Å². The van der Waals surface area contributed by atoms with E-state index in [-0.39, 0.29) is 37.7 Å². The van der Waals surface area contributed by atoms with Gasteiger partial charge in [0, 0.05) is 24.9 Å². The first-order chi connectivity index (χ1) is 14.5. The van der Waals surface area contributed by atoms with Gasteiger partial charge >= 0.3 is 0 Å². The molecular weight excluding hydrogens is 384 g/mol. The van der Waals surface area contributed by atoms with Gasteiger partial charge in [-0.25, -0.2) is 0 Å². The highest BCUT2D eigenvalue weighted by Gasteiger charge is 2.38. The SMILES string of the molecule is CO/N=C1\C[C@@H](C(=O)NCCC(N)=O)N(C(=O)c2ccc(-c3ccccc3)cc2)C1. The maximum atomic E-state index is 13.1. The maximum Gasteiger partial charge on any atom is 0.254 e. The van der Waals surface area contributed by atoms with E-state index in [0.717, 1.165) is 11.1 Å². The summed E-state index contributed by atoms with van der Waals surface area (Å²) in [5.41, 5.74) is 8.23. The minimum Gasteiger partial charge on any atom is -0.399 e. The first-order valence-corrected chi connectivity index (χ1v) is 9.61. The second-order valence-electron chi connectivity index (χ2n) is 6.94. The number of hydrogen-bond donors (Lipinski definition) is 2. The van der Waals surface area contributed by atoms with E-state index in [9.17, 15) is 14.4 Å². The molecule has 1 fully saturated rings. The van der Waals surface area contributed by atoms with Gasteiger partial charge in [0.15, 0.2) is 0 Å². The molecule has 156 valence electrons. The number of benzene rings is 2. The first kappa shape index (κ1) is 21.0. The van der Waals surface area contributed by atoms with Gasteiger partial charge in [-0.15, -0.1) is 0 Å². The Kier molecular flexibility index (Phi) is 6.79. The zero-order chi connectivity index (χ0) is 21.5. The number of likely N-dealkylation sites (tertiary alicyclic amines) is 1. The van der Waals surface area contributed by atoms with Crippen molar-refractivity contribution >= 4 is 23.4 Å². The summed E-state index contributed by atoms with van der Waals surface area (Å²) in [6.45, 7) is 0.316. The number of nitrogens with two attached hydrogens (primary N) is 1. The van der Waals surface area contributed by atoms with E-state index in [1.807, 2.05) is 42.5 Å². The molecule has 3 N–H and O–H groups in total. The molecule has 1 saturated heterocycles. The van der Waals surface area contributed by atoms with Crippen LogP contribution in [0.4, 0.5) is 0 Å². The van der Waals surface area contributed by atoms with Gasteiger partial charge in [0.05, 0.1) is 12.3 Å². The van der Waals surface area contributed by atoms with Crippen LogP contribution >= 0.6 is 0 Å². The van der Waals surface area contributed by atoms with E-state index in [2.05, 4.69) is 10.5 Å². The first-order valence-electron chi connectivity index (χ1n) is 9.61. The quantitative estimate of drug-likeness (QED) is 0.677. The summed E-state index contributed by atoms with van der Waals surface area (Å²) < 4.78 is 0. The van der Waals surface area contributed by atoms with Gasteiger partial charge in [-0.1, -0.05) is 47.6 Å². The third kappa shape index (κ3) is 5.02. The number of amides is 3. The predicted octanol–water partition coefficient (Wildman–Crippen LogP) is 1.56. The van der Waals surface area contributed by atoms with E-state index in [4.69, 9.17) is 10.6 Å². The van der Waals surface area contributed by atoms with Crippen LogP contribution in [-0.2, 0) is 14.4 Å². The van der Waals surface area contributed by atoms with Crippen molar-refractivity contribution in [1.82, 2.24) is 10.2 Å². The van der Waals surface area contributed by atoms with Crippen molar-refractivity contribution in [2.45, 2.75) is 18.9 Å². The Bertz CT molecular complexity index is 941. The third-order valence-corrected chi connectivity index (χ3v) is 4.85. The fourth-order valence-corrected chi connectivity index (χ4v) is 3.38. The van der Waals surface area contributed by atoms with Gasteiger partial charge in [0.1, 0.15) is 13.2 Å². The van der Waals surface area contributed by atoms with Crippen molar-refractivity contribution in [3.63, 3.8) is 0 Å². The van der Waals surface area contributed by atoms with Crippen LogP contribution in [0.1, 0.15) is 23.2 Å². The minimum absolute atomic E-state index is 0.0341. The zero-order valence-electron chi connectivity index (χ0n) is 16.7. The molecule has 0 saturated carbocycles. The monoisotopic (exact) mass is 408 g/mol. The molecule has 0 unspecified atom stereocenters. The highest BCUT2D eigenvalue weighted by Crippen LogP contribution is 2.23. The second-order valence-corrected chi connectivity index (χ2v) is 6.94. The number of nitrogens with zero attached hydrogens (tertiary/aromatic N) is 2. The summed E-state index contributed by atoms with van der Waals surface area (Å²) in [4.78, 5) is 42.9. The lowest BCUT2D eigenvalue weighted by Crippen LogP contribution is -2.46. The van der Waals surface area contributed by atoms with E-state index >= 15 is 0 Å². The van der Waals surface area contributed by atoms with Crippen LogP contribution in [0.2, 0.25) is 0 Å². The van der Waals surface area contributed by atoms with Crippen LogP contribution in [0.25, 0.3) is 11.1 Å². The predicted molar refractivity (Wildman–Crippen MR) is 113 cm³/mol. The number of carbonyl (C=O) groups is 3. The van der Waals surface area contributed by atoms with Crippen molar-refractivity contribution in [3.8, 4) is 11.1 Å². The molecule has 0 bridgehead atoms. The van der Waals surface area contributed by atoms with Crippen LogP contribution in [0.3, 0.4) is 0 Å². The molecule has 8 heteroatoms. The number of carbonyl (C=O) groups excluding carboxylic acids is 3. The molecule has 3 rings (SSSR count). The molecule has 0 aliphatic carbocycles. The Morgan fingerprint density at radius 3 is 2.40 bits per heavy atom. The number of primary amides is 1. The van der Waals surface area contributed by atoms with Crippen LogP contribution in [0.15, 0.2) is 59.8 Å². The van der Waals surface area contributed by atoms with Crippen LogP contribution < -0.4 is 11.1 Å². The molecule has 8 nitrogen and oxygen atoms in total. The Hall–Kier alpha value is -3.68. The highest BCUT2D eigenvalue weighted by molar-refractivity contribution is 6.05. The van der Waals surface area contributed by atoms with Crippen molar-refractivity contribution in [2.24, 2.45) is 10.9 Å². The van der Waals surface area contributed by atoms with Crippen molar-refractivity contribution in [1.29, 1.82) is 0 Å². The highest BCUT2D eigenvalue weighted by atomic mass is 16.6. The number of oxime groups is 1. The van der Waals surface area contributed by atoms with Crippen LogP contribution in [0.5, 0.6) is 0 Å². The number of nitrogens with one attached hydrogen (secondary N) is 1. The maximum absolute atomic E-state index is 13.1. The summed E-state index contributed by atoms with van der Waals surface area (Å²) >= 11 is 0. The smallest absolute Gasteiger partial charge is 0.254 e. The topological polar surface area (TPSA) is 114 Å². The minimum atomic E-state index is -0.729. The largest absolute Gasteiger partial charge is 0.399 e. The number of hydrogen-bond acceptors (Lipinski definition) is 5. The molecular formula is C22H24N4O4. The Labute approximate surface area is 174 Å². The van der Waals surface area contributed by atoms with E-state index < -0.39 is 11.9 Å². The van der Waals surface area contributed by atoms with Gasteiger partial charge in [-0.05, 0) is 23.3 Å². The van der Waals surface area contributed by atoms with Crippen molar-refractivity contribution < 1.29 is 19.2 Å². The normalized spacial score (nSPS) is 17.0. The molecule has 0 aromatic heterocycles. The standard InChI is InChI=1S/C22H24N4O4/c1-30-25-18-13-19(21(28)24-12-11-20(23)27)26(14-18)22(29)17-9-7-16(8-10-17)15-5-3-2-4-6-15/h2-10,19H,11-14H2,1H3,(H2,23,27)(H,24,28)/b25-18+/t19-/m0/s1. The molecule has 3 amide bonds. The average molecular weight is 408 g/mol. The molecule has 2 aromatic carbocycles. The van der Waals surface area contributed by atoms with Gasteiger partial charge in [0.2, 0.25) is 11.8 Å². The molecule has 0 radical (unpaired) electrons. The van der Waals surface area contributed by atoms with Gasteiger partial charge in [-0.3, -0.25) is 14.4 Å². The molecule has 1 heterocycles. The van der Waals surface area contributed by atoms with Crippen LogP contribution in [-0.4, -0.2) is 54.6 Å². The third-order valence-electron chi connectivity index (χ3n) is 4.85. The van der Waals surface area contributed by atoms with E-state index in [1.54, 1.807) is 12.1 Å². The van der Waals surface area contributed by atoms with Crippen LogP contribution in [0, 0.1) is 0 Å². The lowest BCUT2D eigenvalue weighted by molar-refractivity contribution is -0.125. The Balaban J connectivity index is 1.76. The van der Waals surface area contributed by atoms with Gasteiger partial charge < -0.3 is 20.8 Å². The van der Waals surface area contributed by atoms with E-state index in [1.165, 1.54) is 12.0 Å². The molecule has 1 atom stereocenters. The lowest BCUT2D eigenvalue weighted by atomic mass is 10.0. The summed E-state index contributed by atoms with van der Waals surface area (Å²) in [6, 6.07) is 16.4. The molecule has 1 aliphatic heterocycles. The summed E-state index contributed by atoms with van der Waals surface area (Å²) in [6.07, 6.45) is 0.302. The Morgan fingerprint density at radius 2 is 1.77 bits per heavy atom. The fourth-order valence-electron chi connectivity index (χ4n) is 3.38. The fraction of sp³-hybridized carbons (Fsp3) is 0.273. The van der Waals surface area contributed by atoms with Gasteiger partial charge in [-0.2, -0.15) is 0 Å². The molecule has 2 aromatic rings. The number of rotatable bonds is 7. The van der Waals surface area contributed by atoms with Crippen molar-refractivity contribution in [3.05, 3.63) is 60.2 Å².